The van der Waals surface area contributed by atoms with Gasteiger partial charge in [0.05, 0.1) is 11.0 Å². The van der Waals surface area contributed by atoms with Crippen LogP contribution in [0.1, 0.15) is 38.4 Å². The smallest absolute Gasteiger partial charge is 0.111 e. The number of aryl methyl sites for hydroxylation is 1. The Bertz CT molecular complexity index is 616. The molecule has 0 spiro atoms. The Morgan fingerprint density at radius 2 is 2.20 bits per heavy atom. The van der Waals surface area contributed by atoms with Crippen molar-refractivity contribution in [2.75, 3.05) is 5.88 Å². The van der Waals surface area contributed by atoms with Crippen molar-refractivity contribution in [1.82, 2.24) is 9.55 Å². The molecule has 1 aromatic carbocycles. The summed E-state index contributed by atoms with van der Waals surface area (Å²) in [5.74, 6) is 1.76. The van der Waals surface area contributed by atoms with Crippen LogP contribution in [0.4, 0.5) is 0 Å². The Kier molecular flexibility index (Phi) is 4.09. The molecule has 1 fully saturated rings. The second-order valence-electron chi connectivity index (χ2n) is 5.94. The summed E-state index contributed by atoms with van der Waals surface area (Å²) < 4.78 is 3.52. The molecule has 0 unspecified atom stereocenters. The van der Waals surface area contributed by atoms with E-state index in [1.807, 2.05) is 0 Å². The summed E-state index contributed by atoms with van der Waals surface area (Å²) in [4.78, 5) is 4.77. The largest absolute Gasteiger partial charge is 0.327 e. The molecule has 0 amide bonds. The molecule has 1 aromatic heterocycles. The first-order valence-electron chi connectivity index (χ1n) is 7.38. The maximum Gasteiger partial charge on any atom is 0.111 e. The van der Waals surface area contributed by atoms with Crippen LogP contribution in [0.3, 0.4) is 0 Å². The van der Waals surface area contributed by atoms with Gasteiger partial charge in [0.2, 0.25) is 0 Å². The molecule has 0 saturated heterocycles. The average molecular weight is 356 g/mol. The topological polar surface area (TPSA) is 17.8 Å². The van der Waals surface area contributed by atoms with Crippen LogP contribution in [0, 0.1) is 5.41 Å². The minimum atomic E-state index is 0.520. The molecule has 2 nitrogen and oxygen atoms in total. The first-order chi connectivity index (χ1) is 9.67. The fourth-order valence-electron chi connectivity index (χ4n) is 3.13. The summed E-state index contributed by atoms with van der Waals surface area (Å²) in [6.45, 7) is 3.38. The predicted molar refractivity (Wildman–Crippen MR) is 88.4 cm³/mol. The summed E-state index contributed by atoms with van der Waals surface area (Å²) in [5.41, 5.74) is 2.84. The highest BCUT2D eigenvalue weighted by molar-refractivity contribution is 9.10. The minimum Gasteiger partial charge on any atom is -0.327 e. The maximum atomic E-state index is 5.95. The van der Waals surface area contributed by atoms with Crippen LogP contribution in [0.5, 0.6) is 0 Å². The van der Waals surface area contributed by atoms with Crippen LogP contribution < -0.4 is 0 Å². The van der Waals surface area contributed by atoms with Crippen LogP contribution in [0.25, 0.3) is 11.0 Å². The van der Waals surface area contributed by atoms with Crippen molar-refractivity contribution in [3.05, 3.63) is 28.5 Å². The molecule has 3 rings (SSSR count). The molecule has 1 aliphatic carbocycles. The van der Waals surface area contributed by atoms with Crippen LogP contribution in [0.15, 0.2) is 22.7 Å². The van der Waals surface area contributed by atoms with E-state index in [4.69, 9.17) is 16.6 Å². The number of halogens is 2. The molecule has 0 radical (unpaired) electrons. The van der Waals surface area contributed by atoms with Gasteiger partial charge < -0.3 is 4.57 Å². The van der Waals surface area contributed by atoms with Gasteiger partial charge in [-0.05, 0) is 42.9 Å². The number of imidazole rings is 1. The Morgan fingerprint density at radius 1 is 1.40 bits per heavy atom. The van der Waals surface area contributed by atoms with Gasteiger partial charge in [0, 0.05) is 23.3 Å². The second kappa shape index (κ2) is 5.69. The lowest BCUT2D eigenvalue weighted by Gasteiger charge is -2.17. The lowest BCUT2D eigenvalue weighted by molar-refractivity contribution is 0.387. The molecule has 1 heterocycles. The first-order valence-corrected chi connectivity index (χ1v) is 8.71. The highest BCUT2D eigenvalue weighted by Gasteiger charge is 2.42. The molecule has 0 bridgehead atoms. The highest BCUT2D eigenvalue weighted by atomic mass is 79.9. The number of hydrogen-bond acceptors (Lipinski definition) is 1. The number of fused-ring (bicyclic) bond motifs is 1. The van der Waals surface area contributed by atoms with Gasteiger partial charge in [-0.2, -0.15) is 0 Å². The standard InChI is InChI=1S/C16H20BrClN2/c1-2-6-16(7-8-16)11-20-14-10-12(17)3-4-13(14)19-15(20)5-9-18/h3-4,10H,2,5-9,11H2,1H3. The van der Waals surface area contributed by atoms with Crippen molar-refractivity contribution in [1.29, 1.82) is 0 Å². The summed E-state index contributed by atoms with van der Waals surface area (Å²) in [7, 11) is 0. The fraction of sp³-hybridized carbons (Fsp3) is 0.562. The number of aromatic nitrogens is 2. The van der Waals surface area contributed by atoms with Crippen molar-refractivity contribution < 1.29 is 0 Å². The number of hydrogen-bond donors (Lipinski definition) is 0. The van der Waals surface area contributed by atoms with E-state index < -0.39 is 0 Å². The number of alkyl halides is 1. The molecule has 1 saturated carbocycles. The van der Waals surface area contributed by atoms with Crippen LogP contribution in [0.2, 0.25) is 0 Å². The maximum absolute atomic E-state index is 5.95. The van der Waals surface area contributed by atoms with E-state index in [9.17, 15) is 0 Å². The van der Waals surface area contributed by atoms with E-state index in [1.165, 1.54) is 31.2 Å². The van der Waals surface area contributed by atoms with Gasteiger partial charge in [0.1, 0.15) is 5.82 Å². The quantitative estimate of drug-likeness (QED) is 0.654. The van der Waals surface area contributed by atoms with E-state index in [0.717, 1.165) is 28.8 Å². The summed E-state index contributed by atoms with van der Waals surface area (Å²) in [5, 5.41) is 0. The van der Waals surface area contributed by atoms with Crippen LogP contribution in [-0.2, 0) is 13.0 Å². The normalized spacial score (nSPS) is 16.8. The second-order valence-corrected chi connectivity index (χ2v) is 7.23. The molecule has 1 aliphatic rings. The van der Waals surface area contributed by atoms with Gasteiger partial charge in [-0.15, -0.1) is 11.6 Å². The lowest BCUT2D eigenvalue weighted by Crippen LogP contribution is -2.14. The first kappa shape index (κ1) is 14.4. The predicted octanol–water partition coefficient (Wildman–Crippen LogP) is 5.16. The molecule has 20 heavy (non-hydrogen) atoms. The Labute approximate surface area is 133 Å². The third-order valence-electron chi connectivity index (χ3n) is 4.34. The molecular weight excluding hydrogens is 336 g/mol. The molecule has 2 aromatic rings. The van der Waals surface area contributed by atoms with E-state index in [2.05, 4.69) is 45.6 Å². The summed E-state index contributed by atoms with van der Waals surface area (Å²) in [6.07, 6.45) is 6.14. The van der Waals surface area contributed by atoms with E-state index >= 15 is 0 Å². The Hall–Kier alpha value is -0.540. The number of rotatable bonds is 6. The fourth-order valence-corrected chi connectivity index (χ4v) is 3.65. The molecule has 108 valence electrons. The number of nitrogens with zero attached hydrogens (tertiary/aromatic N) is 2. The van der Waals surface area contributed by atoms with E-state index in [-0.39, 0.29) is 0 Å². The van der Waals surface area contributed by atoms with Crippen LogP contribution in [-0.4, -0.2) is 15.4 Å². The summed E-state index contributed by atoms with van der Waals surface area (Å²) >= 11 is 9.53. The zero-order valence-corrected chi connectivity index (χ0v) is 14.2. The third kappa shape index (κ3) is 2.75. The zero-order valence-electron chi connectivity index (χ0n) is 11.8. The Morgan fingerprint density at radius 3 is 2.85 bits per heavy atom. The zero-order chi connectivity index (χ0) is 14.2. The van der Waals surface area contributed by atoms with Crippen molar-refractivity contribution in [3.8, 4) is 0 Å². The third-order valence-corrected chi connectivity index (χ3v) is 5.02. The van der Waals surface area contributed by atoms with Crippen LogP contribution >= 0.6 is 27.5 Å². The van der Waals surface area contributed by atoms with Gasteiger partial charge >= 0.3 is 0 Å². The lowest BCUT2D eigenvalue weighted by atomic mass is 10.0. The van der Waals surface area contributed by atoms with Gasteiger partial charge in [-0.1, -0.05) is 29.3 Å². The van der Waals surface area contributed by atoms with Gasteiger partial charge in [0.25, 0.3) is 0 Å². The van der Waals surface area contributed by atoms with Crippen molar-refractivity contribution >= 4 is 38.6 Å². The average Bonchev–Trinajstić information content (AvgIpc) is 3.10. The van der Waals surface area contributed by atoms with E-state index in [1.54, 1.807) is 0 Å². The van der Waals surface area contributed by atoms with Crippen molar-refractivity contribution in [3.63, 3.8) is 0 Å². The van der Waals surface area contributed by atoms with Gasteiger partial charge in [0.15, 0.2) is 0 Å². The number of benzene rings is 1. The SMILES string of the molecule is CCCC1(Cn2c(CCCl)nc3ccc(Br)cc32)CC1. The van der Waals surface area contributed by atoms with Crippen molar-refractivity contribution in [2.24, 2.45) is 5.41 Å². The minimum absolute atomic E-state index is 0.520. The summed E-state index contributed by atoms with van der Waals surface area (Å²) in [6, 6.07) is 6.33. The van der Waals surface area contributed by atoms with Gasteiger partial charge in [-0.3, -0.25) is 0 Å². The monoisotopic (exact) mass is 354 g/mol. The molecule has 4 heteroatoms. The molecule has 0 N–H and O–H groups in total. The van der Waals surface area contributed by atoms with Gasteiger partial charge in [-0.25, -0.2) is 4.98 Å². The van der Waals surface area contributed by atoms with Crippen molar-refractivity contribution in [2.45, 2.75) is 45.6 Å². The van der Waals surface area contributed by atoms with E-state index in [0.29, 0.717) is 11.3 Å². The highest BCUT2D eigenvalue weighted by Crippen LogP contribution is 2.51. The Balaban J connectivity index is 2.01. The molecule has 0 atom stereocenters. The molecule has 0 aliphatic heterocycles. The molecular formula is C16H20BrClN2.